The first-order chi connectivity index (χ1) is 12.1. The molecule has 136 valence electrons. The van der Waals surface area contributed by atoms with Crippen LogP contribution in [-0.4, -0.2) is 18.9 Å². The molecule has 0 aromatic heterocycles. The van der Waals surface area contributed by atoms with E-state index in [0.717, 1.165) is 35.7 Å². The van der Waals surface area contributed by atoms with Crippen molar-refractivity contribution < 1.29 is 9.47 Å². The lowest BCUT2D eigenvalue weighted by molar-refractivity contribution is 0.120. The number of ether oxygens (including phenoxy) is 2. The molecule has 2 atom stereocenters. The molecule has 0 saturated carbocycles. The molecule has 0 heterocycles. The van der Waals surface area contributed by atoms with E-state index < -0.39 is 0 Å². The number of hydrogen-bond acceptors (Lipinski definition) is 4. The van der Waals surface area contributed by atoms with E-state index in [1.54, 1.807) is 0 Å². The van der Waals surface area contributed by atoms with Gasteiger partial charge in [0.05, 0.1) is 0 Å². The predicted molar refractivity (Wildman–Crippen MR) is 106 cm³/mol. The van der Waals surface area contributed by atoms with E-state index in [2.05, 4.69) is 38.3 Å². The van der Waals surface area contributed by atoms with Crippen molar-refractivity contribution in [2.45, 2.75) is 52.6 Å². The van der Waals surface area contributed by atoms with E-state index in [4.69, 9.17) is 9.47 Å². The van der Waals surface area contributed by atoms with Crippen LogP contribution >= 0.6 is 0 Å². The molecule has 0 bridgehead atoms. The fraction of sp³-hybridized carbons (Fsp3) is 0.429. The predicted octanol–water partition coefficient (Wildman–Crippen LogP) is 5.52. The molecule has 2 rings (SSSR count). The van der Waals surface area contributed by atoms with Gasteiger partial charge in [0.15, 0.2) is 0 Å². The van der Waals surface area contributed by atoms with Crippen molar-refractivity contribution >= 4 is 11.4 Å². The SMILES string of the molecule is CCC(C)Nc1ccc(OCOc2ccc(NC(C)CC)cc2)cc1. The number of rotatable bonds is 10. The van der Waals surface area contributed by atoms with Crippen molar-refractivity contribution in [3.63, 3.8) is 0 Å². The average Bonchev–Trinajstić information content (AvgIpc) is 2.64. The maximum atomic E-state index is 5.64. The molecule has 2 unspecified atom stereocenters. The van der Waals surface area contributed by atoms with Crippen LogP contribution in [0.4, 0.5) is 11.4 Å². The molecule has 0 spiro atoms. The van der Waals surface area contributed by atoms with E-state index in [-0.39, 0.29) is 6.79 Å². The van der Waals surface area contributed by atoms with Crippen molar-refractivity contribution in [1.29, 1.82) is 0 Å². The summed E-state index contributed by atoms with van der Waals surface area (Å²) in [5.74, 6) is 1.59. The van der Waals surface area contributed by atoms with E-state index >= 15 is 0 Å². The highest BCUT2D eigenvalue weighted by molar-refractivity contribution is 5.47. The summed E-state index contributed by atoms with van der Waals surface area (Å²) < 4.78 is 11.3. The van der Waals surface area contributed by atoms with Gasteiger partial charge in [-0.2, -0.15) is 0 Å². The van der Waals surface area contributed by atoms with E-state index in [9.17, 15) is 0 Å². The topological polar surface area (TPSA) is 42.5 Å². The Morgan fingerprint density at radius 3 is 1.36 bits per heavy atom. The zero-order chi connectivity index (χ0) is 18.1. The maximum Gasteiger partial charge on any atom is 0.230 e. The van der Waals surface area contributed by atoms with Gasteiger partial charge in [-0.15, -0.1) is 0 Å². The third-order valence-electron chi connectivity index (χ3n) is 4.21. The maximum absolute atomic E-state index is 5.64. The van der Waals surface area contributed by atoms with E-state index in [1.807, 2.05) is 48.5 Å². The van der Waals surface area contributed by atoms with Crippen molar-refractivity contribution in [2.75, 3.05) is 17.4 Å². The quantitative estimate of drug-likeness (QED) is 0.558. The second kappa shape index (κ2) is 9.82. The van der Waals surface area contributed by atoms with Gasteiger partial charge in [-0.3, -0.25) is 0 Å². The second-order valence-electron chi connectivity index (χ2n) is 6.36. The van der Waals surface area contributed by atoms with Gasteiger partial charge in [0.1, 0.15) is 11.5 Å². The number of nitrogens with one attached hydrogen (secondary N) is 2. The van der Waals surface area contributed by atoms with E-state index in [1.165, 1.54) is 0 Å². The monoisotopic (exact) mass is 342 g/mol. The van der Waals surface area contributed by atoms with Crippen LogP contribution in [0.3, 0.4) is 0 Å². The van der Waals surface area contributed by atoms with Crippen LogP contribution in [-0.2, 0) is 0 Å². The van der Waals surface area contributed by atoms with Crippen LogP contribution in [0.2, 0.25) is 0 Å². The Morgan fingerprint density at radius 2 is 1.04 bits per heavy atom. The number of benzene rings is 2. The molecule has 25 heavy (non-hydrogen) atoms. The van der Waals surface area contributed by atoms with Crippen LogP contribution in [0.5, 0.6) is 11.5 Å². The second-order valence-corrected chi connectivity index (χ2v) is 6.36. The number of hydrogen-bond donors (Lipinski definition) is 2. The Kier molecular flexibility index (Phi) is 7.45. The summed E-state index contributed by atoms with van der Waals surface area (Å²) in [7, 11) is 0. The largest absolute Gasteiger partial charge is 0.458 e. The molecule has 0 saturated heterocycles. The third kappa shape index (κ3) is 6.57. The van der Waals surface area contributed by atoms with Gasteiger partial charge < -0.3 is 20.1 Å². The molecular formula is C21H30N2O2. The average molecular weight is 342 g/mol. The minimum atomic E-state index is 0.191. The first-order valence-electron chi connectivity index (χ1n) is 9.09. The minimum absolute atomic E-state index is 0.191. The van der Waals surface area contributed by atoms with Gasteiger partial charge in [-0.05, 0) is 75.2 Å². The summed E-state index contributed by atoms with van der Waals surface area (Å²) in [6.07, 6.45) is 2.19. The first-order valence-corrected chi connectivity index (χ1v) is 9.09. The zero-order valence-electron chi connectivity index (χ0n) is 15.7. The molecule has 0 aliphatic rings. The summed E-state index contributed by atoms with van der Waals surface area (Å²) in [4.78, 5) is 0. The molecular weight excluding hydrogens is 312 g/mol. The molecule has 0 aliphatic carbocycles. The fourth-order valence-corrected chi connectivity index (χ4v) is 2.23. The van der Waals surface area contributed by atoms with Crippen molar-refractivity contribution in [3.05, 3.63) is 48.5 Å². The highest BCUT2D eigenvalue weighted by Crippen LogP contribution is 2.19. The summed E-state index contributed by atoms with van der Waals surface area (Å²) in [5.41, 5.74) is 2.21. The smallest absolute Gasteiger partial charge is 0.230 e. The minimum Gasteiger partial charge on any atom is -0.458 e. The van der Waals surface area contributed by atoms with Gasteiger partial charge in [-0.1, -0.05) is 13.8 Å². The van der Waals surface area contributed by atoms with Gasteiger partial charge in [-0.25, -0.2) is 0 Å². The summed E-state index contributed by atoms with van der Waals surface area (Å²) >= 11 is 0. The highest BCUT2D eigenvalue weighted by Gasteiger charge is 2.01. The lowest BCUT2D eigenvalue weighted by Gasteiger charge is -2.14. The summed E-state index contributed by atoms with van der Waals surface area (Å²) in [6.45, 7) is 8.86. The lowest BCUT2D eigenvalue weighted by atomic mass is 10.2. The Hall–Kier alpha value is -2.36. The van der Waals surface area contributed by atoms with Crippen molar-refractivity contribution in [2.24, 2.45) is 0 Å². The van der Waals surface area contributed by atoms with Gasteiger partial charge in [0, 0.05) is 23.5 Å². The van der Waals surface area contributed by atoms with Crippen LogP contribution in [0.25, 0.3) is 0 Å². The normalized spacial score (nSPS) is 13.0. The van der Waals surface area contributed by atoms with Gasteiger partial charge in [0.2, 0.25) is 6.79 Å². The van der Waals surface area contributed by atoms with Crippen molar-refractivity contribution in [3.8, 4) is 11.5 Å². The molecule has 2 aromatic carbocycles. The Balaban J connectivity index is 1.76. The van der Waals surface area contributed by atoms with Crippen molar-refractivity contribution in [1.82, 2.24) is 0 Å². The summed E-state index contributed by atoms with van der Waals surface area (Å²) in [5, 5.41) is 6.86. The van der Waals surface area contributed by atoms with Crippen LogP contribution < -0.4 is 20.1 Å². The van der Waals surface area contributed by atoms with Crippen LogP contribution in [0, 0.1) is 0 Å². The summed E-state index contributed by atoms with van der Waals surface area (Å²) in [6, 6.07) is 16.8. The zero-order valence-corrected chi connectivity index (χ0v) is 15.7. The molecule has 0 aliphatic heterocycles. The molecule has 2 aromatic rings. The van der Waals surface area contributed by atoms with Crippen LogP contribution in [0.1, 0.15) is 40.5 Å². The molecule has 4 heteroatoms. The fourth-order valence-electron chi connectivity index (χ4n) is 2.23. The first kappa shape index (κ1) is 19.0. The Labute approximate surface area is 151 Å². The highest BCUT2D eigenvalue weighted by atomic mass is 16.7. The molecule has 0 radical (unpaired) electrons. The molecule has 2 N–H and O–H groups in total. The standard InChI is InChI=1S/C21H30N2O2/c1-5-16(3)22-18-7-11-20(12-8-18)24-15-25-21-13-9-19(10-14-21)23-17(4)6-2/h7-14,16-17,22-23H,5-6,15H2,1-4H3. The van der Waals surface area contributed by atoms with Gasteiger partial charge >= 0.3 is 0 Å². The lowest BCUT2D eigenvalue weighted by Crippen LogP contribution is -2.13. The number of anilines is 2. The van der Waals surface area contributed by atoms with Crippen LogP contribution in [0.15, 0.2) is 48.5 Å². The van der Waals surface area contributed by atoms with E-state index in [0.29, 0.717) is 12.1 Å². The third-order valence-corrected chi connectivity index (χ3v) is 4.21. The molecule has 4 nitrogen and oxygen atoms in total. The van der Waals surface area contributed by atoms with Gasteiger partial charge in [0.25, 0.3) is 0 Å². The molecule has 0 amide bonds. The Morgan fingerprint density at radius 1 is 0.680 bits per heavy atom. The molecule has 0 fully saturated rings. The Bertz CT molecular complexity index is 555.